The zero-order valence-electron chi connectivity index (χ0n) is 8.84. The second kappa shape index (κ2) is 3.28. The number of fused-ring (bicyclic) bond motifs is 1. The van der Waals surface area contributed by atoms with Crippen molar-refractivity contribution in [3.05, 3.63) is 29.3 Å². The smallest absolute Gasteiger partial charge is 0.123 e. The van der Waals surface area contributed by atoms with Crippen LogP contribution >= 0.6 is 0 Å². The van der Waals surface area contributed by atoms with E-state index in [0.717, 1.165) is 18.8 Å². The molecule has 1 aromatic carbocycles. The number of hydrogen-bond donors (Lipinski definition) is 1. The van der Waals surface area contributed by atoms with Crippen LogP contribution in [0.5, 0.6) is 5.75 Å². The third-order valence-electron chi connectivity index (χ3n) is 3.20. The average molecular weight is 191 g/mol. The molecule has 1 aliphatic heterocycles. The van der Waals surface area contributed by atoms with Crippen molar-refractivity contribution in [2.24, 2.45) is 5.73 Å². The molecule has 0 saturated carbocycles. The van der Waals surface area contributed by atoms with Crippen LogP contribution in [0.25, 0.3) is 0 Å². The van der Waals surface area contributed by atoms with Gasteiger partial charge in [0.2, 0.25) is 0 Å². The Bertz CT molecular complexity index is 348. The number of benzene rings is 1. The molecule has 0 saturated heterocycles. The Labute approximate surface area is 85.1 Å². The highest BCUT2D eigenvalue weighted by molar-refractivity contribution is 5.46. The van der Waals surface area contributed by atoms with Crippen LogP contribution in [0, 0.1) is 6.92 Å². The van der Waals surface area contributed by atoms with Crippen LogP contribution in [0.15, 0.2) is 18.2 Å². The summed E-state index contributed by atoms with van der Waals surface area (Å²) in [5.74, 6) is 1.02. The summed E-state index contributed by atoms with van der Waals surface area (Å²) < 4.78 is 5.65. The maximum Gasteiger partial charge on any atom is 0.123 e. The molecule has 0 aromatic heterocycles. The molecule has 0 radical (unpaired) electrons. The zero-order valence-corrected chi connectivity index (χ0v) is 8.84. The van der Waals surface area contributed by atoms with Gasteiger partial charge >= 0.3 is 0 Å². The van der Waals surface area contributed by atoms with E-state index in [2.05, 4.69) is 19.9 Å². The second-order valence-corrected chi connectivity index (χ2v) is 4.31. The zero-order chi connectivity index (χ0) is 10.2. The van der Waals surface area contributed by atoms with Gasteiger partial charge in [-0.25, -0.2) is 0 Å². The minimum Gasteiger partial charge on any atom is -0.493 e. The van der Waals surface area contributed by atoms with E-state index in [1.165, 1.54) is 11.1 Å². The van der Waals surface area contributed by atoms with E-state index in [-0.39, 0.29) is 5.41 Å². The quantitative estimate of drug-likeness (QED) is 0.736. The Morgan fingerprint density at radius 2 is 2.29 bits per heavy atom. The summed E-state index contributed by atoms with van der Waals surface area (Å²) in [5.41, 5.74) is 8.55. The molecule has 0 spiro atoms. The Balaban J connectivity index is 2.58. The normalized spacial score (nSPS) is 25.4. The Morgan fingerprint density at radius 1 is 1.50 bits per heavy atom. The Hall–Kier alpha value is -1.02. The molecule has 14 heavy (non-hydrogen) atoms. The molecule has 1 unspecified atom stereocenters. The van der Waals surface area contributed by atoms with Crippen molar-refractivity contribution >= 4 is 0 Å². The second-order valence-electron chi connectivity index (χ2n) is 4.31. The van der Waals surface area contributed by atoms with Crippen molar-refractivity contribution in [2.75, 3.05) is 13.2 Å². The van der Waals surface area contributed by atoms with Crippen LogP contribution in [0.4, 0.5) is 0 Å². The van der Waals surface area contributed by atoms with Crippen LogP contribution in [-0.2, 0) is 5.41 Å². The molecule has 1 atom stereocenters. The van der Waals surface area contributed by atoms with Gasteiger partial charge in [-0.2, -0.15) is 0 Å². The van der Waals surface area contributed by atoms with Gasteiger partial charge in [0, 0.05) is 17.5 Å². The van der Waals surface area contributed by atoms with Gasteiger partial charge in [-0.15, -0.1) is 0 Å². The monoisotopic (exact) mass is 191 g/mol. The van der Waals surface area contributed by atoms with Gasteiger partial charge in [0.15, 0.2) is 0 Å². The van der Waals surface area contributed by atoms with Crippen LogP contribution in [0.1, 0.15) is 24.5 Å². The van der Waals surface area contributed by atoms with E-state index < -0.39 is 0 Å². The molecule has 2 N–H and O–H groups in total. The number of ether oxygens (including phenoxy) is 1. The minimum absolute atomic E-state index is 0.0962. The SMILES string of the molecule is Cc1cccc2c1C(C)(CN)CCO2. The van der Waals surface area contributed by atoms with Gasteiger partial charge in [-0.3, -0.25) is 0 Å². The molecule has 0 aliphatic carbocycles. The van der Waals surface area contributed by atoms with E-state index in [0.29, 0.717) is 6.54 Å². The van der Waals surface area contributed by atoms with Crippen molar-refractivity contribution in [1.82, 2.24) is 0 Å². The summed E-state index contributed by atoms with van der Waals surface area (Å²) >= 11 is 0. The summed E-state index contributed by atoms with van der Waals surface area (Å²) in [5, 5.41) is 0. The number of hydrogen-bond acceptors (Lipinski definition) is 2. The maximum atomic E-state index is 5.87. The molecule has 2 heteroatoms. The summed E-state index contributed by atoms with van der Waals surface area (Å²) in [6.07, 6.45) is 1.02. The first-order valence-electron chi connectivity index (χ1n) is 5.10. The Morgan fingerprint density at radius 3 is 3.00 bits per heavy atom. The summed E-state index contributed by atoms with van der Waals surface area (Å²) in [4.78, 5) is 0. The van der Waals surface area contributed by atoms with Gasteiger partial charge in [-0.1, -0.05) is 19.1 Å². The Kier molecular flexibility index (Phi) is 2.23. The first kappa shape index (κ1) is 9.53. The molecule has 2 rings (SSSR count). The van der Waals surface area contributed by atoms with Crippen molar-refractivity contribution in [1.29, 1.82) is 0 Å². The highest BCUT2D eigenvalue weighted by atomic mass is 16.5. The molecule has 1 heterocycles. The van der Waals surface area contributed by atoms with Gasteiger partial charge in [0.25, 0.3) is 0 Å². The van der Waals surface area contributed by atoms with Gasteiger partial charge < -0.3 is 10.5 Å². The van der Waals surface area contributed by atoms with Gasteiger partial charge in [0.1, 0.15) is 5.75 Å². The lowest BCUT2D eigenvalue weighted by atomic mass is 9.76. The fraction of sp³-hybridized carbons (Fsp3) is 0.500. The standard InChI is InChI=1S/C12H17NO/c1-9-4-3-5-10-11(9)12(2,8-13)6-7-14-10/h3-5H,6-8,13H2,1-2H3. The fourth-order valence-electron chi connectivity index (χ4n) is 2.25. The first-order chi connectivity index (χ1) is 6.67. The van der Waals surface area contributed by atoms with Gasteiger partial charge in [0.05, 0.1) is 6.61 Å². The summed E-state index contributed by atoms with van der Waals surface area (Å²) in [6.45, 7) is 5.82. The van der Waals surface area contributed by atoms with E-state index in [1.54, 1.807) is 0 Å². The topological polar surface area (TPSA) is 35.2 Å². The highest BCUT2D eigenvalue weighted by Gasteiger charge is 2.33. The van der Waals surface area contributed by atoms with Crippen molar-refractivity contribution < 1.29 is 4.74 Å². The van der Waals surface area contributed by atoms with Crippen LogP contribution in [0.3, 0.4) is 0 Å². The van der Waals surface area contributed by atoms with Crippen molar-refractivity contribution in [3.8, 4) is 5.75 Å². The molecule has 1 aromatic rings. The molecule has 0 bridgehead atoms. The van der Waals surface area contributed by atoms with Crippen LogP contribution in [0.2, 0.25) is 0 Å². The van der Waals surface area contributed by atoms with E-state index in [9.17, 15) is 0 Å². The van der Waals surface area contributed by atoms with E-state index in [4.69, 9.17) is 10.5 Å². The first-order valence-corrected chi connectivity index (χ1v) is 5.10. The average Bonchev–Trinajstić information content (AvgIpc) is 2.18. The van der Waals surface area contributed by atoms with E-state index >= 15 is 0 Å². The molecular formula is C12H17NO. The molecule has 2 nitrogen and oxygen atoms in total. The number of aryl methyl sites for hydroxylation is 1. The molecule has 1 aliphatic rings. The van der Waals surface area contributed by atoms with E-state index in [1.807, 2.05) is 12.1 Å². The fourth-order valence-corrected chi connectivity index (χ4v) is 2.25. The predicted molar refractivity (Wildman–Crippen MR) is 57.7 cm³/mol. The largest absolute Gasteiger partial charge is 0.493 e. The minimum atomic E-state index is 0.0962. The molecule has 0 amide bonds. The van der Waals surface area contributed by atoms with Crippen molar-refractivity contribution in [3.63, 3.8) is 0 Å². The third kappa shape index (κ3) is 1.30. The van der Waals surface area contributed by atoms with Gasteiger partial charge in [-0.05, 0) is 25.0 Å². The lowest BCUT2D eigenvalue weighted by Gasteiger charge is -2.36. The third-order valence-corrected chi connectivity index (χ3v) is 3.20. The maximum absolute atomic E-state index is 5.87. The number of nitrogens with two attached hydrogens (primary N) is 1. The van der Waals surface area contributed by atoms with Crippen LogP contribution < -0.4 is 10.5 Å². The molecule has 76 valence electrons. The number of rotatable bonds is 1. The predicted octanol–water partition coefficient (Wildman–Crippen LogP) is 1.99. The lowest BCUT2D eigenvalue weighted by Crippen LogP contribution is -2.37. The summed E-state index contributed by atoms with van der Waals surface area (Å²) in [7, 11) is 0. The summed E-state index contributed by atoms with van der Waals surface area (Å²) in [6, 6.07) is 6.20. The molecule has 0 fully saturated rings. The van der Waals surface area contributed by atoms with Crippen molar-refractivity contribution in [2.45, 2.75) is 25.7 Å². The molecular weight excluding hydrogens is 174 g/mol. The van der Waals surface area contributed by atoms with Crippen LogP contribution in [-0.4, -0.2) is 13.2 Å². The lowest BCUT2D eigenvalue weighted by molar-refractivity contribution is 0.226. The highest BCUT2D eigenvalue weighted by Crippen LogP contribution is 2.39.